The highest BCUT2D eigenvalue weighted by atomic mass is 16.3. The average molecular weight is 279 g/mol. The highest BCUT2D eigenvalue weighted by molar-refractivity contribution is 5.09. The molecule has 1 fully saturated rings. The molecule has 0 bridgehead atoms. The Morgan fingerprint density at radius 1 is 1.40 bits per heavy atom. The van der Waals surface area contributed by atoms with Crippen molar-refractivity contribution in [3.05, 3.63) is 17.5 Å². The number of aliphatic hydroxyl groups excluding tert-OH is 1. The fraction of sp³-hybridized carbons (Fsp3) is 0.812. The molecule has 1 aromatic rings. The first-order valence-corrected chi connectivity index (χ1v) is 8.05. The van der Waals surface area contributed by atoms with Gasteiger partial charge >= 0.3 is 0 Å². The minimum Gasteiger partial charge on any atom is -0.393 e. The van der Waals surface area contributed by atoms with E-state index in [0.29, 0.717) is 6.04 Å². The van der Waals surface area contributed by atoms with Crippen molar-refractivity contribution in [3.8, 4) is 0 Å². The normalized spacial score (nSPS) is 22.7. The summed E-state index contributed by atoms with van der Waals surface area (Å²) < 4.78 is 2.11. The lowest BCUT2D eigenvalue weighted by atomic mass is 10.0. The number of aryl methyl sites for hydroxylation is 2. The topological polar surface area (TPSA) is 41.3 Å². The van der Waals surface area contributed by atoms with E-state index in [9.17, 15) is 5.11 Å². The Labute approximate surface area is 122 Å². The van der Waals surface area contributed by atoms with Gasteiger partial charge in [-0.15, -0.1) is 0 Å². The Kier molecular flexibility index (Phi) is 5.61. The highest BCUT2D eigenvalue weighted by Gasteiger charge is 2.23. The zero-order valence-electron chi connectivity index (χ0n) is 13.2. The molecule has 1 aromatic heterocycles. The summed E-state index contributed by atoms with van der Waals surface area (Å²) in [6, 6.07) is 2.71. The molecule has 114 valence electrons. The number of aromatic nitrogens is 2. The van der Waals surface area contributed by atoms with Gasteiger partial charge in [-0.05, 0) is 52.6 Å². The summed E-state index contributed by atoms with van der Waals surface area (Å²) in [7, 11) is 0. The van der Waals surface area contributed by atoms with E-state index in [1.54, 1.807) is 0 Å². The fourth-order valence-corrected chi connectivity index (χ4v) is 3.31. The highest BCUT2D eigenvalue weighted by Crippen LogP contribution is 2.23. The maximum absolute atomic E-state index is 9.74. The van der Waals surface area contributed by atoms with Crippen LogP contribution in [-0.4, -0.2) is 38.5 Å². The zero-order chi connectivity index (χ0) is 14.5. The van der Waals surface area contributed by atoms with E-state index in [2.05, 4.69) is 34.6 Å². The molecule has 2 rings (SSSR count). The third-order valence-electron chi connectivity index (χ3n) is 4.26. The molecule has 0 saturated carbocycles. The van der Waals surface area contributed by atoms with Gasteiger partial charge < -0.3 is 5.11 Å². The molecule has 1 saturated heterocycles. The Hall–Kier alpha value is -0.870. The van der Waals surface area contributed by atoms with Crippen LogP contribution in [-0.2, 0) is 13.1 Å². The van der Waals surface area contributed by atoms with Gasteiger partial charge in [0.25, 0.3) is 0 Å². The van der Waals surface area contributed by atoms with Crippen LogP contribution in [0.3, 0.4) is 0 Å². The Bertz CT molecular complexity index is 414. The van der Waals surface area contributed by atoms with Crippen LogP contribution in [0.2, 0.25) is 0 Å². The van der Waals surface area contributed by atoms with Crippen molar-refractivity contribution in [1.82, 2.24) is 14.7 Å². The smallest absolute Gasteiger partial charge is 0.0597 e. The molecule has 1 N–H and O–H groups in total. The second kappa shape index (κ2) is 7.23. The summed E-state index contributed by atoms with van der Waals surface area (Å²) in [5.41, 5.74) is 2.41. The Morgan fingerprint density at radius 2 is 2.20 bits per heavy atom. The van der Waals surface area contributed by atoms with Crippen molar-refractivity contribution in [1.29, 1.82) is 0 Å². The number of aliphatic hydroxyl groups is 1. The summed E-state index contributed by atoms with van der Waals surface area (Å²) >= 11 is 0. The molecule has 4 heteroatoms. The molecule has 20 heavy (non-hydrogen) atoms. The van der Waals surface area contributed by atoms with E-state index in [-0.39, 0.29) is 6.10 Å². The first-order chi connectivity index (χ1) is 9.60. The summed E-state index contributed by atoms with van der Waals surface area (Å²) in [6.07, 6.45) is 5.77. The largest absolute Gasteiger partial charge is 0.393 e. The molecule has 0 aliphatic carbocycles. The predicted molar refractivity (Wildman–Crippen MR) is 81.6 cm³/mol. The molecule has 0 radical (unpaired) electrons. The van der Waals surface area contributed by atoms with Crippen LogP contribution in [0.25, 0.3) is 0 Å². The van der Waals surface area contributed by atoms with Crippen LogP contribution in [0, 0.1) is 6.92 Å². The van der Waals surface area contributed by atoms with Crippen LogP contribution in [0.5, 0.6) is 0 Å². The molecule has 1 aliphatic heterocycles. The van der Waals surface area contributed by atoms with Gasteiger partial charge in [-0.25, -0.2) is 0 Å². The lowest BCUT2D eigenvalue weighted by molar-refractivity contribution is 0.106. The van der Waals surface area contributed by atoms with E-state index in [1.807, 2.05) is 6.92 Å². The zero-order valence-corrected chi connectivity index (χ0v) is 13.2. The van der Waals surface area contributed by atoms with Crippen molar-refractivity contribution in [2.75, 3.05) is 6.54 Å². The maximum Gasteiger partial charge on any atom is 0.0597 e. The third-order valence-corrected chi connectivity index (χ3v) is 4.26. The number of rotatable bonds is 5. The maximum atomic E-state index is 9.74. The van der Waals surface area contributed by atoms with Gasteiger partial charge in [-0.3, -0.25) is 9.58 Å². The predicted octanol–water partition coefficient (Wildman–Crippen LogP) is 2.73. The Morgan fingerprint density at radius 3 is 2.90 bits per heavy atom. The van der Waals surface area contributed by atoms with Gasteiger partial charge in [0, 0.05) is 19.1 Å². The second-order valence-corrected chi connectivity index (χ2v) is 6.15. The van der Waals surface area contributed by atoms with Gasteiger partial charge in [0.05, 0.1) is 17.5 Å². The number of hydrogen-bond donors (Lipinski definition) is 1. The van der Waals surface area contributed by atoms with Gasteiger partial charge in [0.15, 0.2) is 0 Å². The van der Waals surface area contributed by atoms with Crippen molar-refractivity contribution in [2.24, 2.45) is 0 Å². The summed E-state index contributed by atoms with van der Waals surface area (Å²) in [6.45, 7) is 9.15. The van der Waals surface area contributed by atoms with Gasteiger partial charge in [0.1, 0.15) is 0 Å². The van der Waals surface area contributed by atoms with Crippen LogP contribution >= 0.6 is 0 Å². The molecular formula is C16H29N3O. The van der Waals surface area contributed by atoms with Gasteiger partial charge in [0.2, 0.25) is 0 Å². The van der Waals surface area contributed by atoms with Crippen molar-refractivity contribution < 1.29 is 5.11 Å². The molecule has 2 atom stereocenters. The molecule has 2 unspecified atom stereocenters. The van der Waals surface area contributed by atoms with Crippen LogP contribution < -0.4 is 0 Å². The molecule has 2 heterocycles. The lowest BCUT2D eigenvalue weighted by Gasteiger charge is -2.30. The van der Waals surface area contributed by atoms with Gasteiger partial charge in [-0.2, -0.15) is 5.10 Å². The summed E-state index contributed by atoms with van der Waals surface area (Å²) in [4.78, 5) is 2.56. The van der Waals surface area contributed by atoms with E-state index >= 15 is 0 Å². The molecule has 4 nitrogen and oxygen atoms in total. The first kappa shape index (κ1) is 15.5. The number of likely N-dealkylation sites (tertiary alicyclic amines) is 1. The lowest BCUT2D eigenvalue weighted by Crippen LogP contribution is -2.37. The minimum absolute atomic E-state index is 0.210. The SMILES string of the molecule is CCn1nc(C)cc1CN1CCCCCC1CC(C)O. The summed E-state index contributed by atoms with van der Waals surface area (Å²) in [5, 5.41) is 14.3. The fourth-order valence-electron chi connectivity index (χ4n) is 3.31. The summed E-state index contributed by atoms with van der Waals surface area (Å²) in [5.74, 6) is 0. The standard InChI is InChI=1S/C16H29N3O/c1-4-19-16(10-13(2)17-19)12-18-9-7-5-6-8-15(18)11-14(3)20/h10,14-15,20H,4-9,11-12H2,1-3H3. The first-order valence-electron chi connectivity index (χ1n) is 8.05. The average Bonchev–Trinajstić information content (AvgIpc) is 2.60. The van der Waals surface area contributed by atoms with Gasteiger partial charge in [-0.1, -0.05) is 12.8 Å². The van der Waals surface area contributed by atoms with E-state index in [0.717, 1.165) is 31.7 Å². The van der Waals surface area contributed by atoms with Crippen LogP contribution in [0.1, 0.15) is 57.3 Å². The molecule has 0 amide bonds. The van der Waals surface area contributed by atoms with E-state index < -0.39 is 0 Å². The van der Waals surface area contributed by atoms with E-state index in [1.165, 1.54) is 31.4 Å². The molecular weight excluding hydrogens is 250 g/mol. The molecule has 1 aliphatic rings. The third kappa shape index (κ3) is 4.06. The van der Waals surface area contributed by atoms with Crippen molar-refractivity contribution in [3.63, 3.8) is 0 Å². The van der Waals surface area contributed by atoms with Crippen LogP contribution in [0.4, 0.5) is 0 Å². The second-order valence-electron chi connectivity index (χ2n) is 6.15. The number of hydrogen-bond acceptors (Lipinski definition) is 3. The van der Waals surface area contributed by atoms with E-state index in [4.69, 9.17) is 0 Å². The monoisotopic (exact) mass is 279 g/mol. The van der Waals surface area contributed by atoms with Crippen molar-refractivity contribution in [2.45, 2.75) is 78.1 Å². The quantitative estimate of drug-likeness (QED) is 0.901. The molecule has 0 spiro atoms. The number of nitrogens with zero attached hydrogens (tertiary/aromatic N) is 3. The van der Waals surface area contributed by atoms with Crippen LogP contribution in [0.15, 0.2) is 6.07 Å². The minimum atomic E-state index is -0.210. The molecule has 0 aromatic carbocycles. The Balaban J connectivity index is 2.09. The van der Waals surface area contributed by atoms with Crippen molar-refractivity contribution >= 4 is 0 Å².